The number of nitrogens with zero attached hydrogens (tertiary/aromatic N) is 1. The molecule has 27 heavy (non-hydrogen) atoms. The van der Waals surface area contributed by atoms with E-state index in [9.17, 15) is 13.2 Å². The summed E-state index contributed by atoms with van der Waals surface area (Å²) >= 11 is 1.45. The predicted molar refractivity (Wildman–Crippen MR) is 110 cm³/mol. The van der Waals surface area contributed by atoms with Crippen molar-refractivity contribution in [1.82, 2.24) is 4.31 Å². The van der Waals surface area contributed by atoms with E-state index in [4.69, 9.17) is 0 Å². The highest BCUT2D eigenvalue weighted by atomic mass is 32.2. The molecule has 0 aromatic heterocycles. The third-order valence-corrected chi connectivity index (χ3v) is 7.90. The molecule has 2 aromatic carbocycles. The van der Waals surface area contributed by atoms with Crippen LogP contribution in [0.4, 0.5) is 5.69 Å². The highest BCUT2D eigenvalue weighted by molar-refractivity contribution is 8.00. The predicted octanol–water partition coefficient (Wildman–Crippen LogP) is 3.90. The van der Waals surface area contributed by atoms with Crippen molar-refractivity contribution >= 4 is 33.4 Å². The van der Waals surface area contributed by atoms with Gasteiger partial charge in [0.1, 0.15) is 6.04 Å². The molecule has 1 saturated heterocycles. The number of carbonyl (C=O) groups excluding carboxylic acids is 1. The topological polar surface area (TPSA) is 66.5 Å². The Morgan fingerprint density at radius 3 is 2.48 bits per heavy atom. The fraction of sp³-hybridized carbons (Fsp3) is 0.350. The van der Waals surface area contributed by atoms with Crippen LogP contribution in [0.1, 0.15) is 31.7 Å². The maximum absolute atomic E-state index is 13.1. The lowest BCUT2D eigenvalue weighted by atomic mass is 9.99. The van der Waals surface area contributed by atoms with Gasteiger partial charge >= 0.3 is 0 Å². The number of nitrogens with one attached hydrogen (secondary N) is 1. The molecule has 2 atom stereocenters. The summed E-state index contributed by atoms with van der Waals surface area (Å²) in [5.41, 5.74) is 1.78. The maximum Gasteiger partial charge on any atom is 0.244 e. The molecule has 1 N–H and O–H groups in total. The van der Waals surface area contributed by atoms with Crippen molar-refractivity contribution in [3.63, 3.8) is 0 Å². The Balaban J connectivity index is 1.79. The largest absolute Gasteiger partial charge is 0.325 e. The van der Waals surface area contributed by atoms with Crippen molar-refractivity contribution in [3.05, 3.63) is 60.2 Å². The van der Waals surface area contributed by atoms with E-state index in [0.29, 0.717) is 17.4 Å². The van der Waals surface area contributed by atoms with Crippen LogP contribution in [0.2, 0.25) is 0 Å². The third-order valence-electron chi connectivity index (χ3n) is 4.85. The summed E-state index contributed by atoms with van der Waals surface area (Å²) in [6.45, 7) is 4.22. The number of rotatable bonds is 6. The molecule has 0 unspecified atom stereocenters. The Morgan fingerprint density at radius 1 is 1.19 bits per heavy atom. The first-order valence-electron chi connectivity index (χ1n) is 8.99. The Labute approximate surface area is 165 Å². The number of amides is 1. The second-order valence-corrected chi connectivity index (χ2v) is 9.53. The monoisotopic (exact) mass is 404 g/mol. The first-order chi connectivity index (χ1) is 12.9. The van der Waals surface area contributed by atoms with E-state index < -0.39 is 16.1 Å². The van der Waals surface area contributed by atoms with E-state index in [1.807, 2.05) is 30.3 Å². The molecule has 5 nitrogen and oxygen atoms in total. The second kappa shape index (κ2) is 8.46. The molecule has 1 fully saturated rings. The van der Waals surface area contributed by atoms with Crippen molar-refractivity contribution in [2.75, 3.05) is 16.9 Å². The van der Waals surface area contributed by atoms with Crippen LogP contribution in [0.15, 0.2) is 59.5 Å². The number of hydrogen-bond acceptors (Lipinski definition) is 4. The van der Waals surface area contributed by atoms with Crippen LogP contribution in [0, 0.1) is 0 Å². The van der Waals surface area contributed by atoms with Gasteiger partial charge in [-0.2, -0.15) is 4.31 Å². The van der Waals surface area contributed by atoms with E-state index in [1.54, 1.807) is 24.3 Å². The van der Waals surface area contributed by atoms with Gasteiger partial charge in [0.2, 0.25) is 15.9 Å². The Morgan fingerprint density at radius 2 is 1.85 bits per heavy atom. The minimum Gasteiger partial charge on any atom is -0.325 e. The van der Waals surface area contributed by atoms with E-state index in [-0.39, 0.29) is 16.7 Å². The van der Waals surface area contributed by atoms with E-state index >= 15 is 0 Å². The lowest BCUT2D eigenvalue weighted by Crippen LogP contribution is -2.44. The number of hydrogen-bond donors (Lipinski definition) is 1. The summed E-state index contributed by atoms with van der Waals surface area (Å²) in [7, 11) is -3.72. The Bertz CT molecular complexity index is 883. The van der Waals surface area contributed by atoms with Crippen LogP contribution >= 0.6 is 11.8 Å². The zero-order chi connectivity index (χ0) is 19.4. The summed E-state index contributed by atoms with van der Waals surface area (Å²) in [4.78, 5) is 12.9. The highest BCUT2D eigenvalue weighted by Gasteiger charge is 2.40. The van der Waals surface area contributed by atoms with Crippen molar-refractivity contribution in [2.24, 2.45) is 0 Å². The van der Waals surface area contributed by atoms with Crippen molar-refractivity contribution in [2.45, 2.75) is 37.1 Å². The SMILES string of the molecule is CC[C@@H](C)c1ccc(S(=O)(=O)N2CSC[C@H]2C(=O)Nc2ccccc2)cc1. The molecule has 1 amide bonds. The van der Waals surface area contributed by atoms with Crippen LogP contribution < -0.4 is 5.32 Å². The molecule has 7 heteroatoms. The third kappa shape index (κ3) is 4.36. The summed E-state index contributed by atoms with van der Waals surface area (Å²) in [5.74, 6) is 0.810. The molecule has 3 rings (SSSR count). The minimum absolute atomic E-state index is 0.231. The average molecular weight is 405 g/mol. The number of sulfonamides is 1. The molecular weight excluding hydrogens is 380 g/mol. The molecule has 1 aliphatic heterocycles. The first-order valence-corrected chi connectivity index (χ1v) is 11.6. The van der Waals surface area contributed by atoms with Crippen LogP contribution in [-0.2, 0) is 14.8 Å². The van der Waals surface area contributed by atoms with Gasteiger partial charge in [0.15, 0.2) is 0 Å². The number of thioether (sulfide) groups is 1. The van der Waals surface area contributed by atoms with Gasteiger partial charge in [0, 0.05) is 11.4 Å². The van der Waals surface area contributed by atoms with Gasteiger partial charge in [-0.05, 0) is 42.2 Å². The molecule has 0 spiro atoms. The van der Waals surface area contributed by atoms with Gasteiger partial charge < -0.3 is 5.32 Å². The second-order valence-electron chi connectivity index (χ2n) is 6.64. The van der Waals surface area contributed by atoms with Gasteiger partial charge in [-0.25, -0.2) is 8.42 Å². The van der Waals surface area contributed by atoms with Gasteiger partial charge in [-0.3, -0.25) is 4.79 Å². The number of para-hydroxylation sites is 1. The zero-order valence-electron chi connectivity index (χ0n) is 15.5. The molecular formula is C20H24N2O3S2. The summed E-state index contributed by atoms with van der Waals surface area (Å²) in [6, 6.07) is 15.4. The standard InChI is InChI=1S/C20H24N2O3S2/c1-3-15(2)16-9-11-18(12-10-16)27(24,25)22-14-26-13-19(22)20(23)21-17-7-5-4-6-8-17/h4-12,15,19H,3,13-14H2,1-2H3,(H,21,23)/t15-,19+/m1/s1. The smallest absolute Gasteiger partial charge is 0.244 e. The number of anilines is 1. The fourth-order valence-corrected chi connectivity index (χ4v) is 6.11. The molecule has 0 saturated carbocycles. The molecule has 2 aromatic rings. The van der Waals surface area contributed by atoms with Gasteiger partial charge in [0.25, 0.3) is 0 Å². The minimum atomic E-state index is -3.72. The average Bonchev–Trinajstić information content (AvgIpc) is 3.19. The van der Waals surface area contributed by atoms with Gasteiger partial charge in [0.05, 0.1) is 10.8 Å². The molecule has 1 heterocycles. The van der Waals surface area contributed by atoms with Gasteiger partial charge in [-0.1, -0.05) is 44.2 Å². The first kappa shape index (κ1) is 19.9. The molecule has 0 aliphatic carbocycles. The zero-order valence-corrected chi connectivity index (χ0v) is 17.1. The molecule has 1 aliphatic rings. The van der Waals surface area contributed by atoms with E-state index in [0.717, 1.165) is 12.0 Å². The van der Waals surface area contributed by atoms with Crippen LogP contribution in [0.3, 0.4) is 0 Å². The quantitative estimate of drug-likeness (QED) is 0.793. The van der Waals surface area contributed by atoms with Crippen molar-refractivity contribution < 1.29 is 13.2 Å². The van der Waals surface area contributed by atoms with Crippen LogP contribution in [0.25, 0.3) is 0 Å². The summed E-state index contributed by atoms with van der Waals surface area (Å²) in [5, 5.41) is 2.81. The van der Waals surface area contributed by atoms with Crippen LogP contribution in [-0.4, -0.2) is 36.3 Å². The summed E-state index contributed by atoms with van der Waals surface area (Å²) < 4.78 is 27.5. The molecule has 0 radical (unpaired) electrons. The highest BCUT2D eigenvalue weighted by Crippen LogP contribution is 2.30. The normalized spacial score (nSPS) is 19.0. The van der Waals surface area contributed by atoms with E-state index in [1.165, 1.54) is 16.1 Å². The Hall–Kier alpha value is -1.83. The van der Waals surface area contributed by atoms with Gasteiger partial charge in [-0.15, -0.1) is 11.8 Å². The van der Waals surface area contributed by atoms with Crippen molar-refractivity contribution in [3.8, 4) is 0 Å². The number of benzene rings is 2. The van der Waals surface area contributed by atoms with Crippen molar-refractivity contribution in [1.29, 1.82) is 0 Å². The molecule has 0 bridgehead atoms. The fourth-order valence-electron chi connectivity index (χ4n) is 2.96. The van der Waals surface area contributed by atoms with Crippen LogP contribution in [0.5, 0.6) is 0 Å². The lowest BCUT2D eigenvalue weighted by Gasteiger charge is -2.23. The molecule has 144 valence electrons. The lowest BCUT2D eigenvalue weighted by molar-refractivity contribution is -0.118. The van der Waals surface area contributed by atoms with E-state index in [2.05, 4.69) is 19.2 Å². The Kier molecular flexibility index (Phi) is 6.24. The maximum atomic E-state index is 13.1. The number of carbonyl (C=O) groups is 1. The summed E-state index contributed by atoms with van der Waals surface area (Å²) in [6.07, 6.45) is 0.997.